The van der Waals surface area contributed by atoms with Crippen LogP contribution in [-0.4, -0.2) is 26.0 Å². The number of sulfonamides is 1. The predicted molar refractivity (Wildman–Crippen MR) is 85.2 cm³/mol. The van der Waals surface area contributed by atoms with Crippen LogP contribution in [-0.2, 0) is 10.0 Å². The number of hydrogen-bond donors (Lipinski definition) is 2. The molecule has 0 aromatic carbocycles. The summed E-state index contributed by atoms with van der Waals surface area (Å²) < 4.78 is 27.7. The first kappa shape index (κ1) is 16.5. The minimum Gasteiger partial charge on any atom is -0.369 e. The first-order valence-corrected chi connectivity index (χ1v) is 9.04. The van der Waals surface area contributed by atoms with Crippen molar-refractivity contribution in [1.29, 1.82) is 0 Å². The molecule has 0 radical (unpaired) electrons. The smallest absolute Gasteiger partial charge is 0.242 e. The van der Waals surface area contributed by atoms with Crippen molar-refractivity contribution in [1.82, 2.24) is 9.71 Å². The molecule has 1 aromatic heterocycles. The van der Waals surface area contributed by atoms with Crippen molar-refractivity contribution in [3.8, 4) is 0 Å². The van der Waals surface area contributed by atoms with E-state index in [1.165, 1.54) is 12.3 Å². The van der Waals surface area contributed by atoms with Gasteiger partial charge in [0.05, 0.1) is 5.02 Å². The molecular formula is C14H22ClN3O2S. The summed E-state index contributed by atoms with van der Waals surface area (Å²) in [4.78, 5) is 4.19. The second-order valence-electron chi connectivity index (χ2n) is 6.09. The Bertz CT molecular complexity index is 617. The highest BCUT2D eigenvalue weighted by molar-refractivity contribution is 7.89. The Labute approximate surface area is 131 Å². The number of rotatable bonds is 5. The van der Waals surface area contributed by atoms with Gasteiger partial charge in [0.25, 0.3) is 0 Å². The SMILES string of the molecule is CCNc1ncc(S(=O)(=O)NC2CCCC2(C)C)cc1Cl. The van der Waals surface area contributed by atoms with E-state index in [1.54, 1.807) is 0 Å². The second kappa shape index (κ2) is 6.10. The number of aromatic nitrogens is 1. The van der Waals surface area contributed by atoms with Gasteiger partial charge in [0, 0.05) is 18.8 Å². The number of nitrogens with zero attached hydrogens (tertiary/aromatic N) is 1. The van der Waals surface area contributed by atoms with E-state index >= 15 is 0 Å². The van der Waals surface area contributed by atoms with E-state index in [2.05, 4.69) is 28.9 Å². The zero-order valence-corrected chi connectivity index (χ0v) is 14.2. The number of hydrogen-bond acceptors (Lipinski definition) is 4. The number of pyridine rings is 1. The molecule has 1 aliphatic rings. The molecule has 1 aromatic rings. The van der Waals surface area contributed by atoms with Gasteiger partial charge in [0.1, 0.15) is 10.7 Å². The van der Waals surface area contributed by atoms with Crippen LogP contribution in [0.4, 0.5) is 5.82 Å². The second-order valence-corrected chi connectivity index (χ2v) is 8.21. The van der Waals surface area contributed by atoms with Crippen molar-refractivity contribution in [3.05, 3.63) is 17.3 Å². The van der Waals surface area contributed by atoms with Crippen molar-refractivity contribution in [2.75, 3.05) is 11.9 Å². The van der Waals surface area contributed by atoms with Gasteiger partial charge in [-0.05, 0) is 31.2 Å². The van der Waals surface area contributed by atoms with Crippen LogP contribution in [0.25, 0.3) is 0 Å². The van der Waals surface area contributed by atoms with Gasteiger partial charge in [-0.15, -0.1) is 0 Å². The molecular weight excluding hydrogens is 310 g/mol. The highest BCUT2D eigenvalue weighted by Gasteiger charge is 2.37. The van der Waals surface area contributed by atoms with E-state index in [9.17, 15) is 8.42 Å². The standard InChI is InChI=1S/C14H22ClN3O2S/c1-4-16-13-11(15)8-10(9-17-13)21(19,20)18-12-6-5-7-14(12,2)3/h8-9,12,18H,4-7H2,1-3H3,(H,16,17). The van der Waals surface area contributed by atoms with Crippen molar-refractivity contribution in [2.24, 2.45) is 5.41 Å². The molecule has 0 amide bonds. The van der Waals surface area contributed by atoms with Crippen molar-refractivity contribution >= 4 is 27.4 Å². The van der Waals surface area contributed by atoms with Crippen LogP contribution in [0.2, 0.25) is 5.02 Å². The summed E-state index contributed by atoms with van der Waals surface area (Å²) in [6, 6.07) is 1.39. The Morgan fingerprint density at radius 3 is 2.71 bits per heavy atom. The molecule has 1 saturated carbocycles. The fourth-order valence-corrected chi connectivity index (χ4v) is 4.38. The molecule has 0 saturated heterocycles. The van der Waals surface area contributed by atoms with Crippen molar-refractivity contribution < 1.29 is 8.42 Å². The minimum atomic E-state index is -3.59. The zero-order valence-electron chi connectivity index (χ0n) is 12.6. The highest BCUT2D eigenvalue weighted by atomic mass is 35.5. The third-order valence-electron chi connectivity index (χ3n) is 4.03. The summed E-state index contributed by atoms with van der Waals surface area (Å²) in [6.45, 7) is 6.78. The maximum atomic E-state index is 12.5. The zero-order chi connectivity index (χ0) is 15.7. The molecule has 1 unspecified atom stereocenters. The van der Waals surface area contributed by atoms with E-state index in [0.717, 1.165) is 19.3 Å². The maximum absolute atomic E-state index is 12.5. The predicted octanol–water partition coefficient (Wildman–Crippen LogP) is 3.02. The molecule has 2 rings (SSSR count). The average Bonchev–Trinajstić information content (AvgIpc) is 2.71. The molecule has 2 N–H and O–H groups in total. The molecule has 0 aliphatic heterocycles. The van der Waals surface area contributed by atoms with Gasteiger partial charge in [-0.3, -0.25) is 0 Å². The maximum Gasteiger partial charge on any atom is 0.242 e. The summed E-state index contributed by atoms with van der Waals surface area (Å²) in [6.07, 6.45) is 4.27. The lowest BCUT2D eigenvalue weighted by Gasteiger charge is -2.27. The Morgan fingerprint density at radius 1 is 1.48 bits per heavy atom. The van der Waals surface area contributed by atoms with Crippen molar-refractivity contribution in [2.45, 2.75) is 51.0 Å². The molecule has 1 fully saturated rings. The Hall–Kier alpha value is -0.850. The Morgan fingerprint density at radius 2 is 2.19 bits per heavy atom. The molecule has 118 valence electrons. The summed E-state index contributed by atoms with van der Waals surface area (Å²) in [5, 5.41) is 3.29. The average molecular weight is 332 g/mol. The Kier molecular flexibility index (Phi) is 4.80. The lowest BCUT2D eigenvalue weighted by Crippen LogP contribution is -2.41. The monoisotopic (exact) mass is 331 g/mol. The summed E-state index contributed by atoms with van der Waals surface area (Å²) in [5.41, 5.74) is -0.0198. The summed E-state index contributed by atoms with van der Waals surface area (Å²) in [7, 11) is -3.59. The van der Waals surface area contributed by atoms with E-state index < -0.39 is 10.0 Å². The van der Waals surface area contributed by atoms with Gasteiger partial charge < -0.3 is 5.32 Å². The van der Waals surface area contributed by atoms with Crippen LogP contribution < -0.4 is 10.0 Å². The lowest BCUT2D eigenvalue weighted by atomic mass is 9.88. The minimum absolute atomic E-state index is 0.0198. The Balaban J connectivity index is 2.22. The number of nitrogens with one attached hydrogen (secondary N) is 2. The van der Waals surface area contributed by atoms with Gasteiger partial charge in [0.2, 0.25) is 10.0 Å². The molecule has 0 spiro atoms. The fourth-order valence-electron chi connectivity index (χ4n) is 2.67. The lowest BCUT2D eigenvalue weighted by molar-refractivity contribution is 0.313. The van der Waals surface area contributed by atoms with Crippen LogP contribution in [0.1, 0.15) is 40.0 Å². The first-order chi connectivity index (χ1) is 9.76. The first-order valence-electron chi connectivity index (χ1n) is 7.18. The topological polar surface area (TPSA) is 71.1 Å². The molecule has 5 nitrogen and oxygen atoms in total. The van der Waals surface area contributed by atoms with Crippen LogP contribution >= 0.6 is 11.6 Å². The third kappa shape index (κ3) is 3.67. The van der Waals surface area contributed by atoms with Crippen LogP contribution in [0.5, 0.6) is 0 Å². The van der Waals surface area contributed by atoms with Crippen LogP contribution in [0, 0.1) is 5.41 Å². The van der Waals surface area contributed by atoms with Crippen LogP contribution in [0.3, 0.4) is 0 Å². The number of halogens is 1. The molecule has 1 atom stereocenters. The van der Waals surface area contributed by atoms with E-state index in [4.69, 9.17) is 11.6 Å². The van der Waals surface area contributed by atoms with E-state index in [-0.39, 0.29) is 16.4 Å². The van der Waals surface area contributed by atoms with Gasteiger partial charge >= 0.3 is 0 Å². The molecule has 1 heterocycles. The van der Waals surface area contributed by atoms with Crippen LogP contribution in [0.15, 0.2) is 17.2 Å². The molecule has 0 bridgehead atoms. The van der Waals surface area contributed by atoms with Gasteiger partial charge in [0.15, 0.2) is 0 Å². The molecule has 7 heteroatoms. The van der Waals surface area contributed by atoms with Gasteiger partial charge in [-0.25, -0.2) is 18.1 Å². The van der Waals surface area contributed by atoms with Gasteiger partial charge in [-0.2, -0.15) is 0 Å². The highest BCUT2D eigenvalue weighted by Crippen LogP contribution is 2.38. The normalized spacial score (nSPS) is 21.4. The van der Waals surface area contributed by atoms with E-state index in [1.807, 2.05) is 6.92 Å². The fraction of sp³-hybridized carbons (Fsp3) is 0.643. The molecule has 21 heavy (non-hydrogen) atoms. The summed E-state index contributed by atoms with van der Waals surface area (Å²) in [5.74, 6) is 0.499. The quantitative estimate of drug-likeness (QED) is 0.870. The summed E-state index contributed by atoms with van der Waals surface area (Å²) >= 11 is 6.07. The third-order valence-corrected chi connectivity index (χ3v) is 5.75. The van der Waals surface area contributed by atoms with E-state index in [0.29, 0.717) is 17.4 Å². The van der Waals surface area contributed by atoms with Gasteiger partial charge in [-0.1, -0.05) is 31.9 Å². The number of anilines is 1. The molecule has 1 aliphatic carbocycles. The largest absolute Gasteiger partial charge is 0.369 e. The van der Waals surface area contributed by atoms with Crippen molar-refractivity contribution in [3.63, 3.8) is 0 Å².